The summed E-state index contributed by atoms with van der Waals surface area (Å²) in [4.78, 5) is 0. The van der Waals surface area contributed by atoms with Crippen molar-refractivity contribution in [3.8, 4) is 57.5 Å². The van der Waals surface area contributed by atoms with E-state index < -0.39 is 0 Å². The molecule has 0 unspecified atom stereocenters. The molecule has 10 heteroatoms. The average molecular weight is 1860 g/mol. The third-order valence-corrected chi connectivity index (χ3v) is 24.9. The summed E-state index contributed by atoms with van der Waals surface area (Å²) in [7, 11) is 16.6. The van der Waals surface area contributed by atoms with Crippen LogP contribution in [-0.4, -0.2) is 71.1 Å². The van der Waals surface area contributed by atoms with Crippen molar-refractivity contribution in [2.45, 2.75) is 262 Å². The van der Waals surface area contributed by atoms with E-state index in [2.05, 4.69) is 450 Å². The molecule has 0 N–H and O–H groups in total. The number of fused-ring (bicyclic) bond motifs is 20. The molecule has 0 saturated carbocycles. The van der Waals surface area contributed by atoms with E-state index in [9.17, 15) is 0 Å². The SMILES string of the molecule is COc1c2c#cc3cc(C(C)(C)C)cc(c#cc4cc(C(C)(C)C)cc(c#cc5cc(C(C)(C)C)cc(c#cc6cc(C(C)(C)C)cc(c#cc7cc(C(C)(C)C)cc(c#cc8cc(C(C)(C)C)cc(c#cc9cc(C(C)(C)C)cc(c#cc%10cc(C(C)(C)C)cc(c#cc%11cc(C(C)(C)C)cc(c#cc1cc(C(C)(C)C)c2)c%11OC)c%10OC)c9OC)c8OC)c7OC)c6OC)c5OC)c4OC)c3OC. The molecule has 0 atom stereocenters. The molecule has 11 aromatic rings. The van der Waals surface area contributed by atoms with Crippen LogP contribution in [0.15, 0.2) is 121 Å². The topological polar surface area (TPSA) is 92.3 Å². The van der Waals surface area contributed by atoms with Gasteiger partial charge in [0, 0.05) is 0 Å². The van der Waals surface area contributed by atoms with Crippen molar-refractivity contribution in [3.63, 3.8) is 0 Å². The van der Waals surface area contributed by atoms with E-state index in [4.69, 9.17) is 47.4 Å². The molecule has 0 aromatic heterocycles. The second kappa shape index (κ2) is 41.1. The van der Waals surface area contributed by atoms with Gasteiger partial charge in [0.15, 0.2) is 0 Å². The molecule has 0 radical (unpaired) electrons. The Morgan fingerprint density at radius 2 is 0.157 bits per heavy atom. The molecule has 11 aromatic carbocycles. The fourth-order valence-electron chi connectivity index (χ4n) is 16.0. The van der Waals surface area contributed by atoms with Crippen LogP contribution in [0.4, 0.5) is 0 Å². The number of hydrogen-bond acceptors (Lipinski definition) is 10. The largest absolute Gasteiger partial charge is 0.494 e. The van der Waals surface area contributed by atoms with Gasteiger partial charge < -0.3 is 47.4 Å². The Hall–Kier alpha value is -14.2. The van der Waals surface area contributed by atoms with Gasteiger partial charge in [-0.2, -0.15) is 0 Å². The van der Waals surface area contributed by atoms with Crippen molar-refractivity contribution in [2.24, 2.45) is 0 Å². The summed E-state index contributed by atoms with van der Waals surface area (Å²) in [5.74, 6) is 5.06. The van der Waals surface area contributed by atoms with Crippen LogP contribution in [0.25, 0.3) is 108 Å². The fraction of sp³-hybridized carbons (Fsp3) is 0.385. The summed E-state index contributed by atoms with van der Waals surface area (Å²) in [5, 5.41) is 12.7. The van der Waals surface area contributed by atoms with E-state index in [-0.39, 0.29) is 54.1 Å². The van der Waals surface area contributed by atoms with Crippen LogP contribution in [0.3, 0.4) is 0 Å². The predicted molar refractivity (Wildman–Crippen MR) is 581 cm³/mol. The van der Waals surface area contributed by atoms with Gasteiger partial charge in [-0.25, -0.2) is 0 Å². The Morgan fingerprint density at radius 1 is 0.107 bits per heavy atom. The highest BCUT2D eigenvalue weighted by Gasteiger charge is 2.27. The first kappa shape index (κ1) is 106. The van der Waals surface area contributed by atoms with Crippen LogP contribution >= 0.6 is 0 Å². The summed E-state index contributed by atoms with van der Waals surface area (Å²) in [6.45, 7) is 65.3. The molecule has 140 heavy (non-hydrogen) atoms. The summed E-state index contributed by atoms with van der Waals surface area (Å²) in [5.41, 5.74) is 6.53. The lowest BCUT2D eigenvalue weighted by Gasteiger charge is -2.20. The van der Waals surface area contributed by atoms with Gasteiger partial charge in [-0.3, -0.25) is 0 Å². The van der Waals surface area contributed by atoms with E-state index in [1.54, 1.807) is 71.1 Å². The first-order valence-corrected chi connectivity index (χ1v) is 47.7. The van der Waals surface area contributed by atoms with E-state index >= 15 is 0 Å². The van der Waals surface area contributed by atoms with Crippen molar-refractivity contribution < 1.29 is 47.4 Å². The Kier molecular flexibility index (Phi) is 31.2. The molecule has 11 rings (SSSR count). The molecular weight excluding hydrogens is 1720 g/mol. The molecule has 720 valence electrons. The minimum absolute atomic E-state index is 0.347. The molecule has 0 aliphatic heterocycles. The summed E-state index contributed by atoms with van der Waals surface area (Å²) >= 11 is 0. The van der Waals surface area contributed by atoms with E-state index in [0.29, 0.717) is 165 Å². The summed E-state index contributed by atoms with van der Waals surface area (Å²) < 4.78 is 64.3. The number of rotatable bonds is 10. The zero-order valence-corrected chi connectivity index (χ0v) is 90.6. The predicted octanol–water partition coefficient (Wildman–Crippen LogP) is 31.8. The van der Waals surface area contributed by atoms with Crippen LogP contribution < -0.4 is 47.4 Å². The monoisotopic (exact) mass is 1860 g/mol. The van der Waals surface area contributed by atoms with Gasteiger partial charge in [0.25, 0.3) is 0 Å². The number of methoxy groups -OCH3 is 10. The summed E-state index contributed by atoms with van der Waals surface area (Å²) in [6.07, 6.45) is 0. The smallest absolute Gasteiger partial charge is 0.150 e. The zero-order valence-electron chi connectivity index (χ0n) is 90.6. The number of benzene rings is 10. The molecule has 0 aliphatic carbocycles. The molecule has 0 saturated heterocycles. The highest BCUT2D eigenvalue weighted by atomic mass is 16.5. The van der Waals surface area contributed by atoms with Crippen LogP contribution in [0.1, 0.15) is 263 Å². The van der Waals surface area contributed by atoms with Gasteiger partial charge in [0.2, 0.25) is 0 Å². The number of hydrogen-bond donors (Lipinski definition) is 0. The first-order chi connectivity index (χ1) is 65.2. The van der Waals surface area contributed by atoms with E-state index in [1.165, 1.54) is 0 Å². The lowest BCUT2D eigenvalue weighted by atomic mass is 9.85. The lowest BCUT2D eigenvalue weighted by molar-refractivity contribution is 0.423. The maximum absolute atomic E-state index is 6.43. The van der Waals surface area contributed by atoms with Gasteiger partial charge >= 0.3 is 0 Å². The van der Waals surface area contributed by atoms with E-state index in [0.717, 1.165) is 55.6 Å². The van der Waals surface area contributed by atoms with Crippen molar-refractivity contribution in [1.29, 1.82) is 0 Å². The molecular formula is C130H140O10. The molecule has 0 heterocycles. The maximum Gasteiger partial charge on any atom is 0.150 e. The third kappa shape index (κ3) is 24.5. The Balaban J connectivity index is 1.33. The van der Waals surface area contributed by atoms with Crippen LogP contribution in [-0.2, 0) is 54.1 Å². The first-order valence-electron chi connectivity index (χ1n) is 47.7. The minimum atomic E-state index is -0.347. The summed E-state index contributed by atoms with van der Waals surface area (Å²) in [6, 6.07) is 114. The molecule has 0 fully saturated rings. The average Bonchev–Trinajstić information content (AvgIpc) is 0.785. The quantitative estimate of drug-likeness (QED) is 0.132. The minimum Gasteiger partial charge on any atom is -0.494 e. The highest BCUT2D eigenvalue weighted by Crippen LogP contribution is 2.43. The third-order valence-electron chi connectivity index (χ3n) is 24.9. The van der Waals surface area contributed by atoms with Crippen molar-refractivity contribution in [2.75, 3.05) is 71.1 Å². The van der Waals surface area contributed by atoms with Crippen LogP contribution in [0, 0.1) is 121 Å². The lowest BCUT2D eigenvalue weighted by Crippen LogP contribution is -2.11. The molecule has 0 spiro atoms. The van der Waals surface area contributed by atoms with Crippen molar-refractivity contribution >= 4 is 108 Å². The molecule has 10 nitrogen and oxygen atoms in total. The Labute approximate surface area is 838 Å². The van der Waals surface area contributed by atoms with Gasteiger partial charge in [-0.05, 0) is 231 Å². The molecule has 20 bridgehead atoms. The second-order valence-corrected chi connectivity index (χ2v) is 46.0. The Morgan fingerprint density at radius 3 is 0.193 bits per heavy atom. The van der Waals surface area contributed by atoms with Crippen LogP contribution in [0.2, 0.25) is 0 Å². The van der Waals surface area contributed by atoms with Crippen molar-refractivity contribution in [3.05, 3.63) is 298 Å². The normalized spacial score (nSPS) is 11.7. The second-order valence-electron chi connectivity index (χ2n) is 46.0. The fourth-order valence-corrected chi connectivity index (χ4v) is 16.0. The molecule has 0 amide bonds. The number of ether oxygens (including phenoxy) is 10. The zero-order chi connectivity index (χ0) is 103. The molecule has 0 aliphatic rings. The van der Waals surface area contributed by atoms with Gasteiger partial charge in [-0.15, -0.1) is 0 Å². The van der Waals surface area contributed by atoms with E-state index in [1.807, 2.05) is 0 Å². The van der Waals surface area contributed by atoms with Gasteiger partial charge in [-0.1, -0.05) is 329 Å². The van der Waals surface area contributed by atoms with Gasteiger partial charge in [0.1, 0.15) is 57.5 Å². The van der Waals surface area contributed by atoms with Crippen molar-refractivity contribution in [1.82, 2.24) is 0 Å². The highest BCUT2D eigenvalue weighted by molar-refractivity contribution is 5.91. The van der Waals surface area contributed by atoms with Gasteiger partial charge in [0.05, 0.1) is 179 Å². The Bertz CT molecular complexity index is 5500. The van der Waals surface area contributed by atoms with Crippen LogP contribution in [0.5, 0.6) is 57.5 Å². The standard InChI is InChI=1S/C130H140O10/c1-121(2,3)101-61-81-41-43-83-63-102(122(4,5)6)65-85(112(83)132-32)45-47-87-67-104(124(10,11)12)69-89(114(87)134-34)49-51-91-71-106(126(16,17)18)73-93(116(91)136-36)53-55-95-75-108(128(22,23)24)77-97(118(95)138-38)57-59-99-79-110(130(28,29)30)80-100(120(99)140-40)60-58-98-78-109(129(25,26)27)76-96(119(98)139-39)56-54-94-74-107(127(19,20)21)72-92(117(94)137-37)52-50-90-70-105(125(13,14)15)68-88(115(90)135-35)48-46-86-66-103(123(7,8)9)64-84(113(86)133-33)44-42-82(62-101)111(81)131-31/h61-80H,1-40H3. The maximum atomic E-state index is 6.43.